The Balaban J connectivity index is 0.935. The van der Waals surface area contributed by atoms with Gasteiger partial charge in [0.1, 0.15) is 12.0 Å². The first-order valence-corrected chi connectivity index (χ1v) is 22.1. The normalized spacial score (nSPS) is 15.9. The fourth-order valence-corrected chi connectivity index (χ4v) is 9.44. The summed E-state index contributed by atoms with van der Waals surface area (Å²) in [6, 6.07) is 31.7. The molecule has 0 unspecified atom stereocenters. The highest BCUT2D eigenvalue weighted by Crippen LogP contribution is 2.32. The molecule has 17 heteroatoms. The lowest BCUT2D eigenvalue weighted by atomic mass is 10.2. The van der Waals surface area contributed by atoms with Crippen molar-refractivity contribution in [1.29, 1.82) is 0 Å². The lowest BCUT2D eigenvalue weighted by Crippen LogP contribution is -2.46. The fraction of sp³-hybridized carbons (Fsp3) is 0.310. The Kier molecular flexibility index (Phi) is 12.6. The molecular formula is C42H46N10O5S2. The highest BCUT2D eigenvalue weighted by molar-refractivity contribution is 7.99. The van der Waals surface area contributed by atoms with Crippen molar-refractivity contribution in [1.82, 2.24) is 29.5 Å². The van der Waals surface area contributed by atoms with E-state index in [0.717, 1.165) is 86.8 Å². The molecule has 0 aliphatic carbocycles. The van der Waals surface area contributed by atoms with Gasteiger partial charge in [-0.25, -0.2) is 23.1 Å². The number of nitrogens with zero attached hydrogens (tertiary/aromatic N) is 8. The van der Waals surface area contributed by atoms with Gasteiger partial charge in [-0.2, -0.15) is 5.10 Å². The molecule has 0 radical (unpaired) electrons. The molecule has 0 saturated carbocycles. The number of ether oxygens (including phenoxy) is 1. The van der Waals surface area contributed by atoms with Crippen LogP contribution >= 0.6 is 11.8 Å². The molecule has 0 amide bonds. The average molecular weight is 835 g/mol. The zero-order valence-corrected chi connectivity index (χ0v) is 34.1. The zero-order chi connectivity index (χ0) is 40.6. The maximum absolute atomic E-state index is 13.8. The minimum atomic E-state index is -4.27. The number of para-hydroxylation sites is 1. The molecule has 1 atom stereocenters. The number of aromatic nitrogens is 4. The number of fused-ring (bicyclic) bond motifs is 1. The highest BCUT2D eigenvalue weighted by Gasteiger charge is 2.26. The van der Waals surface area contributed by atoms with Gasteiger partial charge in [0.25, 0.3) is 15.7 Å². The van der Waals surface area contributed by atoms with Gasteiger partial charge in [-0.05, 0) is 67.1 Å². The first kappa shape index (κ1) is 40.2. The Hall–Kier alpha value is -5.59. The van der Waals surface area contributed by atoms with Crippen molar-refractivity contribution in [2.45, 2.75) is 28.8 Å². The standard InChI is InChI=1S/C42H46N10O5S2/c53-52(54)41-28-37(12-14-39(41)46-32(16-18-48-23-25-57-26-24-48)30-58-36-9-5-2-6-10-36)59(55,56)47-42-38-13-11-34(27-40(38)43-31-44-42)50-21-19-49(20-22-50)29-35-15-17-45-51(35)33-7-3-1-4-8-33/h1-15,17,27-28,31-32,46H,16,18-26,29-30H2,(H,43,44,47)/t32-/m1/s1. The van der Waals surface area contributed by atoms with Crippen LogP contribution in [0.2, 0.25) is 0 Å². The molecule has 59 heavy (non-hydrogen) atoms. The topological polar surface area (TPSA) is 164 Å². The number of anilines is 3. The summed E-state index contributed by atoms with van der Waals surface area (Å²) in [7, 11) is -4.27. The second kappa shape index (κ2) is 18.6. The van der Waals surface area contributed by atoms with E-state index < -0.39 is 14.9 Å². The predicted octanol–water partition coefficient (Wildman–Crippen LogP) is 6.14. The number of nitro groups is 1. The third-order valence-corrected chi connectivity index (χ3v) is 13.1. The van der Waals surface area contributed by atoms with Crippen molar-refractivity contribution in [2.75, 3.05) is 79.7 Å². The molecule has 2 aliphatic heterocycles. The van der Waals surface area contributed by atoms with Gasteiger partial charge in [0, 0.05) is 92.4 Å². The van der Waals surface area contributed by atoms with E-state index in [9.17, 15) is 18.5 Å². The van der Waals surface area contributed by atoms with Crippen LogP contribution in [0.1, 0.15) is 12.1 Å². The average Bonchev–Trinajstić information content (AvgIpc) is 3.73. The third-order valence-electron chi connectivity index (χ3n) is 10.6. The highest BCUT2D eigenvalue weighted by atomic mass is 32.2. The van der Waals surface area contributed by atoms with Gasteiger partial charge < -0.3 is 15.0 Å². The molecule has 2 aromatic heterocycles. The van der Waals surface area contributed by atoms with Gasteiger partial charge >= 0.3 is 0 Å². The van der Waals surface area contributed by atoms with Crippen LogP contribution in [0.3, 0.4) is 0 Å². The largest absolute Gasteiger partial charge is 0.379 e. The second-order valence-electron chi connectivity index (χ2n) is 14.5. The van der Waals surface area contributed by atoms with E-state index in [4.69, 9.17) is 4.74 Å². The van der Waals surface area contributed by atoms with Gasteiger partial charge in [-0.3, -0.25) is 24.6 Å². The predicted molar refractivity (Wildman–Crippen MR) is 231 cm³/mol. The molecule has 2 aliphatic rings. The van der Waals surface area contributed by atoms with E-state index >= 15 is 0 Å². The summed E-state index contributed by atoms with van der Waals surface area (Å²) >= 11 is 1.67. The van der Waals surface area contributed by atoms with Gasteiger partial charge in [-0.15, -0.1) is 11.8 Å². The Labute approximate surface area is 347 Å². The number of morpholine rings is 1. The lowest BCUT2D eigenvalue weighted by Gasteiger charge is -2.36. The van der Waals surface area contributed by atoms with E-state index in [2.05, 4.69) is 45.9 Å². The number of rotatable bonds is 16. The van der Waals surface area contributed by atoms with Gasteiger partial charge in [0.15, 0.2) is 5.82 Å². The van der Waals surface area contributed by atoms with Crippen LogP contribution in [0.25, 0.3) is 16.6 Å². The van der Waals surface area contributed by atoms with Crippen LogP contribution in [0.5, 0.6) is 0 Å². The number of piperazine rings is 1. The number of benzene rings is 4. The molecule has 2 fully saturated rings. The number of nitrogens with one attached hydrogen (secondary N) is 2. The van der Waals surface area contributed by atoms with E-state index in [1.807, 2.05) is 89.7 Å². The van der Waals surface area contributed by atoms with Gasteiger partial charge in [0.05, 0.1) is 39.9 Å². The number of sulfonamides is 1. The number of hydrogen-bond donors (Lipinski definition) is 2. The summed E-state index contributed by atoms with van der Waals surface area (Å²) in [4.78, 5) is 28.5. The maximum atomic E-state index is 13.8. The van der Waals surface area contributed by atoms with E-state index in [1.165, 1.54) is 18.5 Å². The summed E-state index contributed by atoms with van der Waals surface area (Å²) in [5, 5.41) is 20.8. The van der Waals surface area contributed by atoms with Gasteiger partial charge in [0.2, 0.25) is 0 Å². The van der Waals surface area contributed by atoms with E-state index in [0.29, 0.717) is 29.9 Å². The van der Waals surface area contributed by atoms with Crippen LogP contribution in [-0.4, -0.2) is 114 Å². The maximum Gasteiger partial charge on any atom is 0.293 e. The van der Waals surface area contributed by atoms with Crippen LogP contribution in [0, 0.1) is 10.1 Å². The second-order valence-corrected chi connectivity index (χ2v) is 17.3. The van der Waals surface area contributed by atoms with Crippen molar-refractivity contribution >= 4 is 55.6 Å². The molecule has 2 saturated heterocycles. The summed E-state index contributed by atoms with van der Waals surface area (Å²) in [6.07, 6.45) is 3.89. The van der Waals surface area contributed by atoms with Crippen LogP contribution in [-0.2, 0) is 21.3 Å². The van der Waals surface area contributed by atoms with E-state index in [-0.39, 0.29) is 28.1 Å². The summed E-state index contributed by atoms with van der Waals surface area (Å²) < 4.78 is 37.6. The molecule has 4 heterocycles. The number of hydrogen-bond acceptors (Lipinski definition) is 13. The first-order valence-electron chi connectivity index (χ1n) is 19.7. The summed E-state index contributed by atoms with van der Waals surface area (Å²) in [6.45, 7) is 7.94. The summed E-state index contributed by atoms with van der Waals surface area (Å²) in [5.41, 5.74) is 3.64. The fourth-order valence-electron chi connectivity index (χ4n) is 7.40. The van der Waals surface area contributed by atoms with Crippen molar-refractivity contribution in [3.63, 3.8) is 0 Å². The number of nitro benzene ring substituents is 1. The minimum Gasteiger partial charge on any atom is -0.379 e. The molecule has 4 aromatic carbocycles. The molecule has 2 N–H and O–H groups in total. The summed E-state index contributed by atoms with van der Waals surface area (Å²) in [5.74, 6) is 0.751. The van der Waals surface area contributed by atoms with Crippen molar-refractivity contribution in [2.24, 2.45) is 0 Å². The van der Waals surface area contributed by atoms with Crippen molar-refractivity contribution in [3.05, 3.63) is 131 Å². The lowest BCUT2D eigenvalue weighted by molar-refractivity contribution is -0.384. The Morgan fingerprint density at radius 2 is 1.59 bits per heavy atom. The van der Waals surface area contributed by atoms with Crippen LogP contribution < -0.4 is 14.9 Å². The molecule has 0 bridgehead atoms. The van der Waals surface area contributed by atoms with Crippen molar-refractivity contribution < 1.29 is 18.1 Å². The zero-order valence-electron chi connectivity index (χ0n) is 32.5. The molecule has 8 rings (SSSR count). The molecule has 306 valence electrons. The monoisotopic (exact) mass is 834 g/mol. The van der Waals surface area contributed by atoms with Crippen molar-refractivity contribution in [3.8, 4) is 5.69 Å². The van der Waals surface area contributed by atoms with Crippen LogP contribution in [0.4, 0.5) is 22.9 Å². The first-order chi connectivity index (χ1) is 28.8. The van der Waals surface area contributed by atoms with E-state index in [1.54, 1.807) is 11.8 Å². The molecule has 15 nitrogen and oxygen atoms in total. The smallest absolute Gasteiger partial charge is 0.293 e. The Morgan fingerprint density at radius 1 is 0.831 bits per heavy atom. The Morgan fingerprint density at radius 3 is 2.36 bits per heavy atom. The molecule has 0 spiro atoms. The third kappa shape index (κ3) is 10.00. The minimum absolute atomic E-state index is 0.0902. The number of thioether (sulfide) groups is 1. The van der Waals surface area contributed by atoms with Crippen LogP contribution in [0.15, 0.2) is 125 Å². The Bertz CT molecular complexity index is 2460. The molecule has 6 aromatic rings. The van der Waals surface area contributed by atoms with Gasteiger partial charge in [-0.1, -0.05) is 36.4 Å². The molecular weight excluding hydrogens is 789 g/mol. The quantitative estimate of drug-likeness (QED) is 0.0650. The SMILES string of the molecule is O=[N+]([O-])c1cc(S(=O)(=O)Nc2ncnc3cc(N4CCN(Cc5ccnn5-c5ccccc5)CC4)ccc23)ccc1N[C@H](CCN1CCOCC1)CSc1ccccc1.